The Morgan fingerprint density at radius 3 is 2.60 bits per heavy atom. The number of methoxy groups -OCH3 is 2. The molecule has 0 aromatic carbocycles. The van der Waals surface area contributed by atoms with Crippen LogP contribution in [0.1, 0.15) is 0 Å². The molecule has 1 unspecified atom stereocenters. The van der Waals surface area contributed by atoms with Crippen LogP contribution in [-0.4, -0.2) is 43.4 Å². The van der Waals surface area contributed by atoms with Crippen LogP contribution in [0.3, 0.4) is 0 Å². The van der Waals surface area contributed by atoms with Crippen molar-refractivity contribution in [1.82, 2.24) is 9.97 Å². The topological polar surface area (TPSA) is 56.3 Å². The van der Waals surface area contributed by atoms with E-state index < -0.39 is 5.82 Å². The minimum atomic E-state index is -0.458. The molecular weight excluding hydrogens is 201 g/mol. The monoisotopic (exact) mass is 215 g/mol. The van der Waals surface area contributed by atoms with Gasteiger partial charge in [0.25, 0.3) is 0 Å². The van der Waals surface area contributed by atoms with E-state index in [4.69, 9.17) is 9.47 Å². The van der Waals surface area contributed by atoms with Crippen LogP contribution in [0, 0.1) is 5.82 Å². The number of hydrogen-bond donors (Lipinski definition) is 1. The quantitative estimate of drug-likeness (QED) is 0.756. The Morgan fingerprint density at radius 2 is 2.07 bits per heavy atom. The van der Waals surface area contributed by atoms with Crippen molar-refractivity contribution in [1.29, 1.82) is 0 Å². The minimum absolute atomic E-state index is 0.0800. The minimum Gasteiger partial charge on any atom is -0.382 e. The molecule has 1 aromatic rings. The highest BCUT2D eigenvalue weighted by Crippen LogP contribution is 1.99. The SMILES string of the molecule is COCC(CNc1ncc(F)cn1)OC. The van der Waals surface area contributed by atoms with Gasteiger partial charge in [-0.05, 0) is 0 Å². The number of hydrogen-bond acceptors (Lipinski definition) is 5. The average molecular weight is 215 g/mol. The van der Waals surface area contributed by atoms with Gasteiger partial charge < -0.3 is 14.8 Å². The zero-order chi connectivity index (χ0) is 11.1. The molecule has 0 saturated heterocycles. The maximum Gasteiger partial charge on any atom is 0.222 e. The van der Waals surface area contributed by atoms with Crippen molar-refractivity contribution in [2.45, 2.75) is 6.10 Å². The molecule has 0 fully saturated rings. The van der Waals surface area contributed by atoms with Gasteiger partial charge in [0.2, 0.25) is 5.95 Å². The smallest absolute Gasteiger partial charge is 0.222 e. The summed E-state index contributed by atoms with van der Waals surface area (Å²) in [6, 6.07) is 0. The van der Waals surface area contributed by atoms with E-state index >= 15 is 0 Å². The van der Waals surface area contributed by atoms with Crippen LogP contribution in [0.25, 0.3) is 0 Å². The molecule has 0 bridgehead atoms. The van der Waals surface area contributed by atoms with Gasteiger partial charge in [0.05, 0.1) is 25.1 Å². The van der Waals surface area contributed by atoms with Gasteiger partial charge in [0.1, 0.15) is 0 Å². The standard InChI is InChI=1S/C9H14FN3O2/c1-14-6-8(15-2)5-13-9-11-3-7(10)4-12-9/h3-4,8H,5-6H2,1-2H3,(H,11,12,13). The molecule has 84 valence electrons. The highest BCUT2D eigenvalue weighted by Gasteiger charge is 2.06. The number of nitrogens with zero attached hydrogens (tertiary/aromatic N) is 2. The van der Waals surface area contributed by atoms with Gasteiger partial charge in [-0.2, -0.15) is 0 Å². The van der Waals surface area contributed by atoms with Gasteiger partial charge in [-0.1, -0.05) is 0 Å². The Balaban J connectivity index is 2.38. The summed E-state index contributed by atoms with van der Waals surface area (Å²) in [5.74, 6) is -0.0877. The average Bonchev–Trinajstić information content (AvgIpc) is 2.26. The van der Waals surface area contributed by atoms with Crippen LogP contribution in [0.5, 0.6) is 0 Å². The van der Waals surface area contributed by atoms with Crippen LogP contribution >= 0.6 is 0 Å². The number of aromatic nitrogens is 2. The lowest BCUT2D eigenvalue weighted by Gasteiger charge is -2.14. The number of ether oxygens (including phenoxy) is 2. The van der Waals surface area contributed by atoms with E-state index in [2.05, 4.69) is 15.3 Å². The predicted molar refractivity (Wildman–Crippen MR) is 53.2 cm³/mol. The van der Waals surface area contributed by atoms with Crippen molar-refractivity contribution in [2.24, 2.45) is 0 Å². The van der Waals surface area contributed by atoms with Gasteiger partial charge in [0, 0.05) is 20.8 Å². The fourth-order valence-electron chi connectivity index (χ4n) is 1.00. The van der Waals surface area contributed by atoms with Crippen molar-refractivity contribution >= 4 is 5.95 Å². The third-order valence-electron chi connectivity index (χ3n) is 1.79. The first-order chi connectivity index (χ1) is 7.26. The van der Waals surface area contributed by atoms with E-state index in [-0.39, 0.29) is 6.10 Å². The van der Waals surface area contributed by atoms with Crippen molar-refractivity contribution in [3.05, 3.63) is 18.2 Å². The second kappa shape index (κ2) is 6.26. The largest absolute Gasteiger partial charge is 0.382 e. The normalized spacial score (nSPS) is 12.5. The summed E-state index contributed by atoms with van der Waals surface area (Å²) >= 11 is 0. The summed E-state index contributed by atoms with van der Waals surface area (Å²) < 4.78 is 22.5. The fraction of sp³-hybridized carbons (Fsp3) is 0.556. The maximum absolute atomic E-state index is 12.5. The summed E-state index contributed by atoms with van der Waals surface area (Å²) in [6.45, 7) is 0.987. The fourth-order valence-corrected chi connectivity index (χ4v) is 1.00. The van der Waals surface area contributed by atoms with Gasteiger partial charge in [-0.15, -0.1) is 0 Å². The van der Waals surface area contributed by atoms with E-state index in [1.807, 2.05) is 0 Å². The zero-order valence-corrected chi connectivity index (χ0v) is 8.74. The van der Waals surface area contributed by atoms with Gasteiger partial charge >= 0.3 is 0 Å². The van der Waals surface area contributed by atoms with Crippen LogP contribution in [0.15, 0.2) is 12.4 Å². The predicted octanol–water partition coefficient (Wildman–Crippen LogP) is 0.689. The molecule has 1 rings (SSSR count). The van der Waals surface area contributed by atoms with Gasteiger partial charge in [-0.3, -0.25) is 0 Å². The van der Waals surface area contributed by atoms with Crippen LogP contribution in [0.4, 0.5) is 10.3 Å². The first-order valence-corrected chi connectivity index (χ1v) is 4.49. The van der Waals surface area contributed by atoms with Crippen LogP contribution < -0.4 is 5.32 Å². The molecule has 0 radical (unpaired) electrons. The van der Waals surface area contributed by atoms with E-state index in [0.717, 1.165) is 12.4 Å². The molecule has 15 heavy (non-hydrogen) atoms. The number of anilines is 1. The molecule has 0 aliphatic heterocycles. The lowest BCUT2D eigenvalue weighted by Crippen LogP contribution is -2.27. The molecule has 0 amide bonds. The summed E-state index contributed by atoms with van der Waals surface area (Å²) in [5.41, 5.74) is 0. The Kier molecular flexibility index (Phi) is 4.92. The van der Waals surface area contributed by atoms with E-state index in [1.54, 1.807) is 14.2 Å². The molecule has 0 aliphatic rings. The van der Waals surface area contributed by atoms with Crippen molar-refractivity contribution in [2.75, 3.05) is 32.7 Å². The van der Waals surface area contributed by atoms with Crippen molar-refractivity contribution in [3.63, 3.8) is 0 Å². The maximum atomic E-state index is 12.5. The third-order valence-corrected chi connectivity index (χ3v) is 1.79. The highest BCUT2D eigenvalue weighted by atomic mass is 19.1. The molecule has 0 saturated carbocycles. The third kappa shape index (κ3) is 4.18. The molecular formula is C9H14FN3O2. The molecule has 0 spiro atoms. The first-order valence-electron chi connectivity index (χ1n) is 4.49. The highest BCUT2D eigenvalue weighted by molar-refractivity contribution is 5.22. The lowest BCUT2D eigenvalue weighted by atomic mass is 10.4. The van der Waals surface area contributed by atoms with Crippen molar-refractivity contribution in [3.8, 4) is 0 Å². The Labute approximate surface area is 87.6 Å². The van der Waals surface area contributed by atoms with Gasteiger partial charge in [0.15, 0.2) is 5.82 Å². The number of nitrogens with one attached hydrogen (secondary N) is 1. The zero-order valence-electron chi connectivity index (χ0n) is 8.74. The summed E-state index contributed by atoms with van der Waals surface area (Å²) in [5, 5.41) is 2.91. The Bertz CT molecular complexity index is 281. The van der Waals surface area contributed by atoms with Crippen LogP contribution in [0.2, 0.25) is 0 Å². The molecule has 5 nitrogen and oxygen atoms in total. The van der Waals surface area contributed by atoms with Crippen LogP contribution in [-0.2, 0) is 9.47 Å². The molecule has 1 aromatic heterocycles. The molecule has 6 heteroatoms. The first kappa shape index (κ1) is 11.8. The number of rotatable bonds is 6. The molecule has 1 N–H and O–H groups in total. The van der Waals surface area contributed by atoms with Gasteiger partial charge in [-0.25, -0.2) is 14.4 Å². The second-order valence-electron chi connectivity index (χ2n) is 2.92. The Hall–Kier alpha value is -1.27. The van der Waals surface area contributed by atoms with E-state index in [1.165, 1.54) is 0 Å². The Morgan fingerprint density at radius 1 is 1.40 bits per heavy atom. The van der Waals surface area contributed by atoms with Crippen molar-refractivity contribution < 1.29 is 13.9 Å². The second-order valence-corrected chi connectivity index (χ2v) is 2.92. The summed E-state index contributed by atoms with van der Waals surface area (Å²) in [4.78, 5) is 7.50. The molecule has 1 heterocycles. The summed E-state index contributed by atoms with van der Waals surface area (Å²) in [7, 11) is 3.19. The molecule has 0 aliphatic carbocycles. The number of halogens is 1. The summed E-state index contributed by atoms with van der Waals surface area (Å²) in [6.07, 6.45) is 2.13. The van der Waals surface area contributed by atoms with E-state index in [9.17, 15) is 4.39 Å². The molecule has 1 atom stereocenters. The lowest BCUT2D eigenvalue weighted by molar-refractivity contribution is 0.0365. The van der Waals surface area contributed by atoms with E-state index in [0.29, 0.717) is 19.1 Å².